The van der Waals surface area contributed by atoms with E-state index in [1.54, 1.807) is 0 Å². The normalized spacial score (nSPS) is 13.0. The predicted molar refractivity (Wildman–Crippen MR) is 104 cm³/mol. The maximum atomic E-state index is 11.2. The van der Waals surface area contributed by atoms with Crippen LogP contribution in [-0.4, -0.2) is 22.8 Å². The molecule has 0 saturated carbocycles. The summed E-state index contributed by atoms with van der Waals surface area (Å²) in [7, 11) is 0. The quantitative estimate of drug-likeness (QED) is 0.231. The van der Waals surface area contributed by atoms with Crippen LogP contribution < -0.4 is 0 Å². The molecule has 0 amide bonds. The molecule has 1 rings (SSSR count). The highest BCUT2D eigenvalue weighted by Gasteiger charge is 2.20. The van der Waals surface area contributed by atoms with Crippen LogP contribution in [0.15, 0.2) is 34.4 Å². The van der Waals surface area contributed by atoms with Crippen LogP contribution in [0.25, 0.3) is 0 Å². The lowest BCUT2D eigenvalue weighted by Crippen LogP contribution is -2.14. The van der Waals surface area contributed by atoms with Crippen LogP contribution in [-0.2, 0) is 31.9 Å². The Balaban J connectivity index is 2.79. The minimum atomic E-state index is -0.634. The second-order valence-electron chi connectivity index (χ2n) is 4.26. The van der Waals surface area contributed by atoms with Crippen molar-refractivity contribution in [1.82, 2.24) is 0 Å². The van der Waals surface area contributed by atoms with Gasteiger partial charge in [-0.1, -0.05) is 13.2 Å². The van der Waals surface area contributed by atoms with Gasteiger partial charge >= 0.3 is 11.9 Å². The maximum absolute atomic E-state index is 11.2. The van der Waals surface area contributed by atoms with Crippen molar-refractivity contribution < 1.29 is 19.1 Å². The van der Waals surface area contributed by atoms with Crippen molar-refractivity contribution in [1.29, 1.82) is 0 Å². The molecule has 1 aromatic heterocycles. The molecule has 2 atom stereocenters. The van der Waals surface area contributed by atoms with E-state index in [-0.39, 0.29) is 0 Å². The Morgan fingerprint density at radius 2 is 1.52 bits per heavy atom. The van der Waals surface area contributed by atoms with Gasteiger partial charge in [0.25, 0.3) is 0 Å². The van der Waals surface area contributed by atoms with E-state index in [4.69, 9.17) is 9.47 Å². The molecular weight excluding hydrogens is 392 g/mol. The minimum absolute atomic E-state index is 0.348. The summed E-state index contributed by atoms with van der Waals surface area (Å²) in [5, 5.41) is 0. The fourth-order valence-electron chi connectivity index (χ4n) is 1.60. The molecule has 1 heterocycles. The first-order valence-corrected chi connectivity index (χ1v) is 9.07. The first-order valence-electron chi connectivity index (χ1n) is 6.33. The molecule has 0 aliphatic rings. The Labute approximate surface area is 161 Å². The third-order valence-corrected chi connectivity index (χ3v) is 5.47. The van der Waals surface area contributed by atoms with Gasteiger partial charge in [-0.2, -0.15) is 0 Å². The van der Waals surface area contributed by atoms with Crippen molar-refractivity contribution in [2.45, 2.75) is 32.8 Å². The van der Waals surface area contributed by atoms with Crippen LogP contribution in [0.2, 0.25) is 0 Å². The van der Waals surface area contributed by atoms with E-state index in [0.29, 0.717) is 17.7 Å². The molecule has 0 radical (unpaired) electrons. The number of thiol groups is 4. The standard InChI is InChI=1S/C14H16O4S5/c1-3-9(15)17-11(19)5-7-13(21)8(23-14(7)22)6-12(20)18-10(16)4-2/h3-4,11-12,19-22H,1-2,5-6H2. The van der Waals surface area contributed by atoms with Gasteiger partial charge in [-0.3, -0.25) is 0 Å². The van der Waals surface area contributed by atoms with Crippen molar-refractivity contribution >= 4 is 73.8 Å². The number of hydrogen-bond acceptors (Lipinski definition) is 9. The number of esters is 2. The molecule has 0 aliphatic carbocycles. The summed E-state index contributed by atoms with van der Waals surface area (Å²) in [5.41, 5.74) is -0.440. The number of hydrogen-bond donors (Lipinski definition) is 4. The highest BCUT2D eigenvalue weighted by Crippen LogP contribution is 2.37. The zero-order valence-corrected chi connectivity index (χ0v) is 16.4. The van der Waals surface area contributed by atoms with Gasteiger partial charge in [-0.15, -0.1) is 61.9 Å². The number of rotatable bonds is 8. The number of carbonyl (C=O) groups is 2. The second-order valence-corrected chi connectivity index (χ2v) is 7.71. The third-order valence-electron chi connectivity index (χ3n) is 2.60. The zero-order valence-electron chi connectivity index (χ0n) is 12.0. The molecule has 9 heteroatoms. The van der Waals surface area contributed by atoms with E-state index in [2.05, 4.69) is 63.7 Å². The number of ether oxygens (including phenoxy) is 2. The molecule has 0 aliphatic heterocycles. The molecule has 0 bridgehead atoms. The van der Waals surface area contributed by atoms with Gasteiger partial charge in [-0.05, 0) is 5.56 Å². The molecule has 0 aromatic carbocycles. The monoisotopic (exact) mass is 408 g/mol. The van der Waals surface area contributed by atoms with Crippen molar-refractivity contribution in [2.75, 3.05) is 0 Å². The van der Waals surface area contributed by atoms with Gasteiger partial charge in [0.05, 0.1) is 4.21 Å². The Bertz CT molecular complexity index is 611. The first-order chi connectivity index (χ1) is 10.8. The number of thiophene rings is 1. The smallest absolute Gasteiger partial charge is 0.331 e. The van der Waals surface area contributed by atoms with Gasteiger partial charge in [0.15, 0.2) is 0 Å². The van der Waals surface area contributed by atoms with Gasteiger partial charge in [0.1, 0.15) is 10.9 Å². The van der Waals surface area contributed by atoms with Crippen LogP contribution in [0.5, 0.6) is 0 Å². The summed E-state index contributed by atoms with van der Waals surface area (Å²) in [6.07, 6.45) is 2.88. The lowest BCUT2D eigenvalue weighted by molar-refractivity contribution is -0.139. The van der Waals surface area contributed by atoms with Crippen LogP contribution >= 0.6 is 61.9 Å². The van der Waals surface area contributed by atoms with Crippen molar-refractivity contribution in [3.05, 3.63) is 35.8 Å². The van der Waals surface area contributed by atoms with Crippen molar-refractivity contribution in [3.8, 4) is 0 Å². The topological polar surface area (TPSA) is 52.6 Å². The average molecular weight is 409 g/mol. The van der Waals surface area contributed by atoms with Gasteiger partial charge in [0, 0.05) is 34.8 Å². The SMILES string of the molecule is C=CC(=O)OC(S)Cc1sc(S)c(CC(S)OC(=O)C=C)c1S. The van der Waals surface area contributed by atoms with Crippen LogP contribution in [0.3, 0.4) is 0 Å². The van der Waals surface area contributed by atoms with Crippen LogP contribution in [0.4, 0.5) is 0 Å². The van der Waals surface area contributed by atoms with E-state index < -0.39 is 22.8 Å². The van der Waals surface area contributed by atoms with Gasteiger partial charge in [-0.25, -0.2) is 9.59 Å². The van der Waals surface area contributed by atoms with E-state index >= 15 is 0 Å². The summed E-state index contributed by atoms with van der Waals surface area (Å²) >= 11 is 18.7. The molecule has 0 fully saturated rings. The molecule has 0 saturated heterocycles. The number of carbonyl (C=O) groups excluding carboxylic acids is 2. The Morgan fingerprint density at radius 3 is 2.00 bits per heavy atom. The third kappa shape index (κ3) is 6.50. The maximum Gasteiger partial charge on any atom is 0.331 e. The molecule has 0 N–H and O–H groups in total. The van der Waals surface area contributed by atoms with E-state index in [1.807, 2.05) is 0 Å². The van der Waals surface area contributed by atoms with Crippen LogP contribution in [0.1, 0.15) is 10.4 Å². The molecule has 4 nitrogen and oxygen atoms in total. The van der Waals surface area contributed by atoms with E-state index in [9.17, 15) is 9.59 Å². The largest absolute Gasteiger partial charge is 0.448 e. The minimum Gasteiger partial charge on any atom is -0.448 e. The second kappa shape index (κ2) is 9.73. The Morgan fingerprint density at radius 1 is 1.04 bits per heavy atom. The molecule has 0 spiro atoms. The highest BCUT2D eigenvalue weighted by molar-refractivity contribution is 7.83. The summed E-state index contributed by atoms with van der Waals surface area (Å²) in [6, 6.07) is 0. The fourth-order valence-corrected chi connectivity index (χ4v) is 4.42. The highest BCUT2D eigenvalue weighted by atomic mass is 32.2. The summed E-state index contributed by atoms with van der Waals surface area (Å²) in [6.45, 7) is 6.66. The van der Waals surface area contributed by atoms with E-state index in [0.717, 1.165) is 26.8 Å². The first kappa shape index (κ1) is 20.6. The van der Waals surface area contributed by atoms with Crippen molar-refractivity contribution in [3.63, 3.8) is 0 Å². The van der Waals surface area contributed by atoms with Crippen molar-refractivity contribution in [2.24, 2.45) is 0 Å². The fraction of sp³-hybridized carbons (Fsp3) is 0.286. The molecule has 2 unspecified atom stereocenters. The predicted octanol–water partition coefficient (Wildman–Crippen LogP) is 3.38. The summed E-state index contributed by atoms with van der Waals surface area (Å²) in [4.78, 5) is 23.9. The van der Waals surface area contributed by atoms with Gasteiger partial charge in [0.2, 0.25) is 0 Å². The molecule has 1 aromatic rings. The lowest BCUT2D eigenvalue weighted by atomic mass is 10.2. The van der Waals surface area contributed by atoms with Crippen LogP contribution in [0, 0.1) is 0 Å². The van der Waals surface area contributed by atoms with E-state index in [1.165, 1.54) is 11.3 Å². The van der Waals surface area contributed by atoms with Gasteiger partial charge < -0.3 is 9.47 Å². The summed E-state index contributed by atoms with van der Waals surface area (Å²) in [5.74, 6) is -1.09. The molecule has 23 heavy (non-hydrogen) atoms. The average Bonchev–Trinajstić information content (AvgIpc) is 2.74. The molecule has 126 valence electrons. The summed E-state index contributed by atoms with van der Waals surface area (Å²) < 4.78 is 10.8. The zero-order chi connectivity index (χ0) is 17.6. The Hall–Kier alpha value is -0.480. The Kier molecular flexibility index (Phi) is 8.70. The molecular formula is C14H16O4S5. The lowest BCUT2D eigenvalue weighted by Gasteiger charge is -2.12.